The predicted octanol–water partition coefficient (Wildman–Crippen LogP) is 2.00. The molecule has 0 aliphatic carbocycles. The molecule has 1 aliphatic heterocycles. The van der Waals surface area contributed by atoms with Gasteiger partial charge in [0.05, 0.1) is 10.6 Å². The van der Waals surface area contributed by atoms with E-state index in [1.54, 1.807) is 43.4 Å². The van der Waals surface area contributed by atoms with Crippen molar-refractivity contribution < 1.29 is 14.8 Å². The minimum Gasteiger partial charge on any atom is -0.375 e. The molecule has 1 aliphatic rings. The zero-order valence-electron chi connectivity index (χ0n) is 11.9. The lowest BCUT2D eigenvalue weighted by Gasteiger charge is -2.22. The molecular formula is C16H14N2O4. The van der Waals surface area contributed by atoms with Crippen molar-refractivity contribution in [2.24, 2.45) is 0 Å². The van der Waals surface area contributed by atoms with Crippen LogP contribution >= 0.6 is 0 Å². The minimum absolute atomic E-state index is 0.0222. The third-order valence-electron chi connectivity index (χ3n) is 3.98. The van der Waals surface area contributed by atoms with Crippen LogP contribution in [0.5, 0.6) is 0 Å². The molecule has 0 saturated carbocycles. The van der Waals surface area contributed by atoms with Crippen LogP contribution < -0.4 is 4.90 Å². The Balaban J connectivity index is 1.97. The van der Waals surface area contributed by atoms with Crippen molar-refractivity contribution in [3.63, 3.8) is 0 Å². The highest BCUT2D eigenvalue weighted by Gasteiger charge is 2.48. The van der Waals surface area contributed by atoms with Crippen LogP contribution in [0.3, 0.4) is 0 Å². The summed E-state index contributed by atoms with van der Waals surface area (Å²) in [5.41, 5.74) is 0.233. The van der Waals surface area contributed by atoms with Gasteiger partial charge in [-0.3, -0.25) is 14.9 Å². The monoisotopic (exact) mass is 298 g/mol. The first-order valence-electron chi connectivity index (χ1n) is 6.77. The van der Waals surface area contributed by atoms with E-state index < -0.39 is 16.4 Å². The number of amides is 1. The lowest BCUT2D eigenvalue weighted by molar-refractivity contribution is -0.384. The molecule has 2 aromatic carbocycles. The van der Waals surface area contributed by atoms with E-state index in [0.29, 0.717) is 16.8 Å². The highest BCUT2D eigenvalue weighted by Crippen LogP contribution is 2.41. The molecule has 0 saturated heterocycles. The molecule has 112 valence electrons. The van der Waals surface area contributed by atoms with E-state index in [9.17, 15) is 20.0 Å². The zero-order valence-corrected chi connectivity index (χ0v) is 11.9. The van der Waals surface area contributed by atoms with Crippen molar-refractivity contribution in [3.8, 4) is 0 Å². The van der Waals surface area contributed by atoms with E-state index in [0.717, 1.165) is 0 Å². The fourth-order valence-electron chi connectivity index (χ4n) is 2.82. The molecule has 1 heterocycles. The number of carbonyl (C=O) groups is 1. The van der Waals surface area contributed by atoms with Crippen LogP contribution in [0.1, 0.15) is 11.1 Å². The summed E-state index contributed by atoms with van der Waals surface area (Å²) in [7, 11) is 1.62. The van der Waals surface area contributed by atoms with Crippen LogP contribution in [0.4, 0.5) is 11.4 Å². The van der Waals surface area contributed by atoms with E-state index in [2.05, 4.69) is 0 Å². The molecule has 0 fully saturated rings. The van der Waals surface area contributed by atoms with E-state index in [1.165, 1.54) is 17.0 Å². The second kappa shape index (κ2) is 4.92. The van der Waals surface area contributed by atoms with Crippen LogP contribution in [0.25, 0.3) is 0 Å². The molecule has 6 heteroatoms. The van der Waals surface area contributed by atoms with Crippen LogP contribution in [0.2, 0.25) is 0 Å². The van der Waals surface area contributed by atoms with Gasteiger partial charge >= 0.3 is 0 Å². The zero-order chi connectivity index (χ0) is 15.9. The van der Waals surface area contributed by atoms with Gasteiger partial charge in [-0.1, -0.05) is 30.3 Å². The fraction of sp³-hybridized carbons (Fsp3) is 0.188. The third-order valence-corrected chi connectivity index (χ3v) is 3.98. The number of fused-ring (bicyclic) bond motifs is 1. The number of anilines is 1. The molecule has 22 heavy (non-hydrogen) atoms. The number of aliphatic hydroxyl groups is 1. The minimum atomic E-state index is -1.64. The summed E-state index contributed by atoms with van der Waals surface area (Å²) >= 11 is 0. The van der Waals surface area contributed by atoms with Crippen molar-refractivity contribution in [2.45, 2.75) is 12.0 Å². The maximum atomic E-state index is 12.4. The Morgan fingerprint density at radius 1 is 1.18 bits per heavy atom. The Bertz CT molecular complexity index is 757. The summed E-state index contributed by atoms with van der Waals surface area (Å²) in [6, 6.07) is 12.9. The molecule has 0 aromatic heterocycles. The summed E-state index contributed by atoms with van der Waals surface area (Å²) in [5.74, 6) is -0.396. The molecule has 1 atom stereocenters. The quantitative estimate of drug-likeness (QED) is 0.694. The number of rotatable bonds is 3. The third kappa shape index (κ3) is 2.05. The lowest BCUT2D eigenvalue weighted by atomic mass is 9.88. The standard InChI is InChI=1S/C16H14N2O4/c1-17-14-5-3-2-4-13(14)16(20,15(17)19)10-11-6-8-12(9-7-11)18(21)22/h2-9,20H,10H2,1H3. The average Bonchev–Trinajstić information content (AvgIpc) is 2.70. The van der Waals surface area contributed by atoms with Gasteiger partial charge in [0.25, 0.3) is 11.6 Å². The molecule has 0 bridgehead atoms. The smallest absolute Gasteiger partial charge is 0.269 e. The number of carbonyl (C=O) groups excluding carboxylic acids is 1. The van der Waals surface area contributed by atoms with E-state index in [-0.39, 0.29) is 12.1 Å². The van der Waals surface area contributed by atoms with Crippen LogP contribution in [-0.4, -0.2) is 23.0 Å². The van der Waals surface area contributed by atoms with Gasteiger partial charge in [0.1, 0.15) is 0 Å². The first-order chi connectivity index (χ1) is 10.4. The van der Waals surface area contributed by atoms with Crippen molar-refractivity contribution in [3.05, 3.63) is 69.8 Å². The molecule has 0 radical (unpaired) electrons. The molecule has 1 amide bonds. The molecule has 2 aromatic rings. The molecule has 6 nitrogen and oxygen atoms in total. The summed E-state index contributed by atoms with van der Waals surface area (Å²) in [5, 5.41) is 21.6. The number of likely N-dealkylation sites (N-methyl/N-ethyl adjacent to an activating group) is 1. The van der Waals surface area contributed by atoms with Gasteiger partial charge in [0.2, 0.25) is 0 Å². The highest BCUT2D eigenvalue weighted by atomic mass is 16.6. The normalized spacial score (nSPS) is 20.1. The Labute approximate surface area is 126 Å². The number of hydrogen-bond donors (Lipinski definition) is 1. The summed E-state index contributed by atoms with van der Waals surface area (Å²) < 4.78 is 0. The Kier molecular flexibility index (Phi) is 3.18. The molecule has 3 rings (SSSR count). The van der Waals surface area contributed by atoms with Gasteiger partial charge in [-0.15, -0.1) is 0 Å². The van der Waals surface area contributed by atoms with Crippen LogP contribution in [0, 0.1) is 10.1 Å². The van der Waals surface area contributed by atoms with E-state index in [4.69, 9.17) is 0 Å². The predicted molar refractivity (Wildman–Crippen MR) is 80.5 cm³/mol. The fourth-order valence-corrected chi connectivity index (χ4v) is 2.82. The number of nitro benzene ring substituents is 1. The van der Waals surface area contributed by atoms with Crippen molar-refractivity contribution in [1.82, 2.24) is 0 Å². The van der Waals surface area contributed by atoms with Gasteiger partial charge in [0.15, 0.2) is 5.60 Å². The van der Waals surface area contributed by atoms with Crippen molar-refractivity contribution in [2.75, 3.05) is 11.9 Å². The summed E-state index contributed by atoms with van der Waals surface area (Å²) in [4.78, 5) is 24.1. The first-order valence-corrected chi connectivity index (χ1v) is 6.77. The highest BCUT2D eigenvalue weighted by molar-refractivity contribution is 6.06. The number of nitrogens with zero attached hydrogens (tertiary/aromatic N) is 2. The lowest BCUT2D eigenvalue weighted by Crippen LogP contribution is -2.40. The van der Waals surface area contributed by atoms with Gasteiger partial charge in [-0.2, -0.15) is 0 Å². The maximum Gasteiger partial charge on any atom is 0.269 e. The van der Waals surface area contributed by atoms with E-state index >= 15 is 0 Å². The van der Waals surface area contributed by atoms with Crippen LogP contribution in [0.15, 0.2) is 48.5 Å². The average molecular weight is 298 g/mol. The topological polar surface area (TPSA) is 83.7 Å². The number of non-ortho nitro benzene ring substituents is 1. The largest absolute Gasteiger partial charge is 0.375 e. The number of benzene rings is 2. The second-order valence-corrected chi connectivity index (χ2v) is 5.34. The van der Waals surface area contributed by atoms with Gasteiger partial charge in [-0.05, 0) is 11.6 Å². The van der Waals surface area contributed by atoms with Crippen LogP contribution in [-0.2, 0) is 16.8 Å². The van der Waals surface area contributed by atoms with Gasteiger partial charge in [-0.25, -0.2) is 0 Å². The SMILES string of the molecule is CN1C(=O)C(O)(Cc2ccc([N+](=O)[O-])cc2)c2ccccc21. The Morgan fingerprint density at radius 3 is 2.45 bits per heavy atom. The molecule has 1 unspecified atom stereocenters. The molecule has 0 spiro atoms. The van der Waals surface area contributed by atoms with Gasteiger partial charge < -0.3 is 10.0 Å². The Morgan fingerprint density at radius 2 is 1.82 bits per heavy atom. The number of hydrogen-bond acceptors (Lipinski definition) is 4. The van der Waals surface area contributed by atoms with Crippen molar-refractivity contribution >= 4 is 17.3 Å². The first kappa shape index (κ1) is 14.2. The summed E-state index contributed by atoms with van der Waals surface area (Å²) in [6.07, 6.45) is 0.0746. The maximum absolute atomic E-state index is 12.4. The van der Waals surface area contributed by atoms with Gasteiger partial charge in [0, 0.05) is 31.2 Å². The molecule has 1 N–H and O–H groups in total. The molecular weight excluding hydrogens is 284 g/mol. The van der Waals surface area contributed by atoms with E-state index in [1.807, 2.05) is 0 Å². The van der Waals surface area contributed by atoms with Crippen molar-refractivity contribution in [1.29, 1.82) is 0 Å². The number of nitro groups is 1. The summed E-state index contributed by atoms with van der Waals surface area (Å²) in [6.45, 7) is 0. The second-order valence-electron chi connectivity index (χ2n) is 5.34. The Hall–Kier alpha value is -2.73. The number of para-hydroxylation sites is 1.